The van der Waals surface area contributed by atoms with Crippen LogP contribution < -0.4 is 10.6 Å². The number of para-hydroxylation sites is 1. The zero-order chi connectivity index (χ0) is 13.7. The summed E-state index contributed by atoms with van der Waals surface area (Å²) in [6.07, 6.45) is 5.36. The van der Waals surface area contributed by atoms with Crippen molar-refractivity contribution in [3.63, 3.8) is 0 Å². The summed E-state index contributed by atoms with van der Waals surface area (Å²) in [4.78, 5) is 12.1. The van der Waals surface area contributed by atoms with Gasteiger partial charge in [-0.05, 0) is 57.2 Å². The Morgan fingerprint density at radius 1 is 1.21 bits per heavy atom. The average Bonchev–Trinajstić information content (AvgIpc) is 2.42. The molecule has 1 aromatic carbocycles. The number of carbonyl (C=O) groups excluding carboxylic acids is 1. The topological polar surface area (TPSA) is 41.1 Å². The van der Waals surface area contributed by atoms with Crippen LogP contribution in [0.3, 0.4) is 0 Å². The highest BCUT2D eigenvalue weighted by Crippen LogP contribution is 2.27. The lowest BCUT2D eigenvalue weighted by molar-refractivity contribution is -0.117. The zero-order valence-electron chi connectivity index (χ0n) is 11.9. The second-order valence-electron chi connectivity index (χ2n) is 5.57. The fourth-order valence-electron chi connectivity index (χ4n) is 2.83. The largest absolute Gasteiger partial charge is 0.326 e. The summed E-state index contributed by atoms with van der Waals surface area (Å²) in [6, 6.07) is 8.58. The van der Waals surface area contributed by atoms with E-state index in [1.807, 2.05) is 38.2 Å². The van der Waals surface area contributed by atoms with Crippen molar-refractivity contribution in [2.24, 2.45) is 5.92 Å². The third-order valence-corrected chi connectivity index (χ3v) is 4.15. The molecule has 2 N–H and O–H groups in total. The molecule has 0 spiro atoms. The van der Waals surface area contributed by atoms with Crippen molar-refractivity contribution >= 4 is 11.6 Å². The van der Waals surface area contributed by atoms with Gasteiger partial charge >= 0.3 is 0 Å². The SMILES string of the molecule is CNC1CCC(CC(=O)Nc2ccccc2C)CC1. The Morgan fingerprint density at radius 2 is 1.89 bits per heavy atom. The Morgan fingerprint density at radius 3 is 2.53 bits per heavy atom. The van der Waals surface area contributed by atoms with Gasteiger partial charge in [0.15, 0.2) is 0 Å². The predicted octanol–water partition coefficient (Wildman–Crippen LogP) is 3.10. The third kappa shape index (κ3) is 4.06. The van der Waals surface area contributed by atoms with Gasteiger partial charge in [0, 0.05) is 18.2 Å². The van der Waals surface area contributed by atoms with Crippen LogP contribution in [0, 0.1) is 12.8 Å². The van der Waals surface area contributed by atoms with Gasteiger partial charge in [0.05, 0.1) is 0 Å². The third-order valence-electron chi connectivity index (χ3n) is 4.15. The van der Waals surface area contributed by atoms with Gasteiger partial charge in [-0.1, -0.05) is 18.2 Å². The molecule has 0 unspecified atom stereocenters. The number of nitrogens with one attached hydrogen (secondary N) is 2. The van der Waals surface area contributed by atoms with Gasteiger partial charge in [-0.3, -0.25) is 4.79 Å². The maximum atomic E-state index is 12.1. The molecule has 3 heteroatoms. The molecule has 0 saturated heterocycles. The summed E-state index contributed by atoms with van der Waals surface area (Å²) in [5, 5.41) is 6.35. The number of hydrogen-bond donors (Lipinski definition) is 2. The summed E-state index contributed by atoms with van der Waals surface area (Å²) >= 11 is 0. The number of aryl methyl sites for hydroxylation is 1. The molecule has 1 saturated carbocycles. The number of benzene rings is 1. The van der Waals surface area contributed by atoms with Gasteiger partial charge in [-0.15, -0.1) is 0 Å². The fraction of sp³-hybridized carbons (Fsp3) is 0.562. The van der Waals surface area contributed by atoms with Crippen LogP contribution in [0.4, 0.5) is 5.69 Å². The molecule has 2 rings (SSSR count). The van der Waals surface area contributed by atoms with Crippen molar-refractivity contribution < 1.29 is 4.79 Å². The van der Waals surface area contributed by atoms with Crippen molar-refractivity contribution in [2.45, 2.75) is 45.1 Å². The van der Waals surface area contributed by atoms with Gasteiger partial charge in [-0.25, -0.2) is 0 Å². The Bertz CT molecular complexity index is 423. The Hall–Kier alpha value is -1.35. The second-order valence-corrected chi connectivity index (χ2v) is 5.57. The molecule has 0 aliphatic heterocycles. The zero-order valence-corrected chi connectivity index (χ0v) is 11.9. The average molecular weight is 260 g/mol. The van der Waals surface area contributed by atoms with Gasteiger partial charge in [0.1, 0.15) is 0 Å². The molecular formula is C16H24N2O. The van der Waals surface area contributed by atoms with E-state index in [-0.39, 0.29) is 5.91 Å². The lowest BCUT2D eigenvalue weighted by Gasteiger charge is -2.27. The summed E-state index contributed by atoms with van der Waals surface area (Å²) in [6.45, 7) is 2.02. The molecule has 0 aromatic heterocycles. The highest BCUT2D eigenvalue weighted by molar-refractivity contribution is 5.91. The van der Waals surface area contributed by atoms with E-state index in [9.17, 15) is 4.79 Å². The molecule has 0 heterocycles. The van der Waals surface area contributed by atoms with Gasteiger partial charge in [-0.2, -0.15) is 0 Å². The number of anilines is 1. The van der Waals surface area contributed by atoms with Crippen molar-refractivity contribution in [2.75, 3.05) is 12.4 Å². The first-order valence-electron chi connectivity index (χ1n) is 7.21. The minimum Gasteiger partial charge on any atom is -0.326 e. The number of amides is 1. The number of rotatable bonds is 4. The fourth-order valence-corrected chi connectivity index (χ4v) is 2.83. The maximum Gasteiger partial charge on any atom is 0.224 e. The molecule has 0 bridgehead atoms. The lowest BCUT2D eigenvalue weighted by Crippen LogP contribution is -2.31. The molecule has 1 aliphatic rings. The molecule has 3 nitrogen and oxygen atoms in total. The Balaban J connectivity index is 1.81. The predicted molar refractivity (Wildman–Crippen MR) is 79.2 cm³/mol. The molecule has 1 amide bonds. The smallest absolute Gasteiger partial charge is 0.224 e. The molecule has 1 aliphatic carbocycles. The van der Waals surface area contributed by atoms with E-state index in [4.69, 9.17) is 0 Å². The highest BCUT2D eigenvalue weighted by Gasteiger charge is 2.22. The van der Waals surface area contributed by atoms with Crippen molar-refractivity contribution in [1.82, 2.24) is 5.32 Å². The monoisotopic (exact) mass is 260 g/mol. The van der Waals surface area contributed by atoms with Crippen LogP contribution in [-0.2, 0) is 4.79 Å². The van der Waals surface area contributed by atoms with E-state index < -0.39 is 0 Å². The molecule has 1 aromatic rings. The van der Waals surface area contributed by atoms with Crippen molar-refractivity contribution in [3.05, 3.63) is 29.8 Å². The first-order valence-corrected chi connectivity index (χ1v) is 7.21. The van der Waals surface area contributed by atoms with Gasteiger partial charge in [0.25, 0.3) is 0 Å². The van der Waals surface area contributed by atoms with Crippen LogP contribution in [0.2, 0.25) is 0 Å². The standard InChI is InChI=1S/C16H24N2O/c1-12-5-3-4-6-15(12)18-16(19)11-13-7-9-14(17-2)10-8-13/h3-6,13-14,17H,7-11H2,1-2H3,(H,18,19). The number of hydrogen-bond acceptors (Lipinski definition) is 2. The summed E-state index contributed by atoms with van der Waals surface area (Å²) in [7, 11) is 2.02. The minimum atomic E-state index is 0.155. The van der Waals surface area contributed by atoms with E-state index in [0.717, 1.165) is 24.1 Å². The van der Waals surface area contributed by atoms with E-state index in [1.165, 1.54) is 12.8 Å². The highest BCUT2D eigenvalue weighted by atomic mass is 16.1. The molecular weight excluding hydrogens is 236 g/mol. The van der Waals surface area contributed by atoms with Gasteiger partial charge < -0.3 is 10.6 Å². The first kappa shape index (κ1) is 14.1. The minimum absolute atomic E-state index is 0.155. The van der Waals surface area contributed by atoms with Gasteiger partial charge in [0.2, 0.25) is 5.91 Å². The number of carbonyl (C=O) groups is 1. The molecule has 19 heavy (non-hydrogen) atoms. The van der Waals surface area contributed by atoms with Crippen LogP contribution in [0.15, 0.2) is 24.3 Å². The van der Waals surface area contributed by atoms with Crippen LogP contribution in [-0.4, -0.2) is 19.0 Å². The second kappa shape index (κ2) is 6.71. The van der Waals surface area contributed by atoms with E-state index in [1.54, 1.807) is 0 Å². The van der Waals surface area contributed by atoms with E-state index in [2.05, 4.69) is 10.6 Å². The molecule has 0 radical (unpaired) electrons. The van der Waals surface area contributed by atoms with Crippen molar-refractivity contribution in [3.8, 4) is 0 Å². The first-order chi connectivity index (χ1) is 9.19. The maximum absolute atomic E-state index is 12.1. The normalized spacial score (nSPS) is 23.1. The Labute approximate surface area is 115 Å². The van der Waals surface area contributed by atoms with E-state index in [0.29, 0.717) is 18.4 Å². The van der Waals surface area contributed by atoms with E-state index >= 15 is 0 Å². The molecule has 0 atom stereocenters. The quantitative estimate of drug-likeness (QED) is 0.873. The summed E-state index contributed by atoms with van der Waals surface area (Å²) in [5.74, 6) is 0.704. The van der Waals surface area contributed by atoms with Crippen LogP contribution in [0.5, 0.6) is 0 Å². The Kier molecular flexibility index (Phi) is 4.97. The summed E-state index contributed by atoms with van der Waals surface area (Å²) < 4.78 is 0. The molecule has 1 fully saturated rings. The van der Waals surface area contributed by atoms with Crippen LogP contribution in [0.25, 0.3) is 0 Å². The lowest BCUT2D eigenvalue weighted by atomic mass is 9.84. The van der Waals surface area contributed by atoms with Crippen LogP contribution >= 0.6 is 0 Å². The van der Waals surface area contributed by atoms with Crippen LogP contribution in [0.1, 0.15) is 37.7 Å². The summed E-state index contributed by atoms with van der Waals surface area (Å²) in [5.41, 5.74) is 2.06. The van der Waals surface area contributed by atoms with Crippen molar-refractivity contribution in [1.29, 1.82) is 0 Å². The molecule has 104 valence electrons.